The molecule has 1 atom stereocenters. The van der Waals surface area contributed by atoms with Crippen molar-refractivity contribution in [1.29, 1.82) is 0 Å². The lowest BCUT2D eigenvalue weighted by Gasteiger charge is -2.33. The Bertz CT molecular complexity index is 648. The van der Waals surface area contributed by atoms with E-state index in [0.29, 0.717) is 0 Å². The van der Waals surface area contributed by atoms with Crippen LogP contribution in [0.4, 0.5) is 0 Å². The lowest BCUT2D eigenvalue weighted by atomic mass is 10.0. The minimum atomic E-state index is 0.217. The van der Waals surface area contributed by atoms with Gasteiger partial charge in [-0.1, -0.05) is 0 Å². The first-order chi connectivity index (χ1) is 9.74. The van der Waals surface area contributed by atoms with E-state index in [1.54, 1.807) is 11.3 Å². The maximum Gasteiger partial charge on any atom is 0.264 e. The normalized spacial score (nSPS) is 20.9. The van der Waals surface area contributed by atoms with E-state index in [1.807, 2.05) is 11.3 Å². The second-order valence-electron chi connectivity index (χ2n) is 5.64. The SMILES string of the molecule is C[C@H]1c2ccsc2CCN1C(=O)c1cc2c(s1)CCC2. The number of carbonyl (C=O) groups is 1. The molecule has 1 aliphatic carbocycles. The Morgan fingerprint density at radius 1 is 1.30 bits per heavy atom. The van der Waals surface area contributed by atoms with Crippen LogP contribution in [0.2, 0.25) is 0 Å². The fourth-order valence-electron chi connectivity index (χ4n) is 3.36. The second-order valence-corrected chi connectivity index (χ2v) is 7.77. The summed E-state index contributed by atoms with van der Waals surface area (Å²) in [7, 11) is 0. The van der Waals surface area contributed by atoms with Gasteiger partial charge in [0.25, 0.3) is 5.91 Å². The number of carbonyl (C=O) groups excluding carboxylic acids is 1. The first-order valence-corrected chi connectivity index (χ1v) is 8.92. The molecule has 2 aromatic heterocycles. The summed E-state index contributed by atoms with van der Waals surface area (Å²) in [4.78, 5) is 18.7. The molecular formula is C16H17NOS2. The highest BCUT2D eigenvalue weighted by atomic mass is 32.1. The molecule has 0 spiro atoms. The van der Waals surface area contributed by atoms with Crippen LogP contribution in [0.5, 0.6) is 0 Å². The molecule has 2 nitrogen and oxygen atoms in total. The van der Waals surface area contributed by atoms with Crippen LogP contribution in [-0.4, -0.2) is 17.4 Å². The first-order valence-electron chi connectivity index (χ1n) is 7.23. The Hall–Kier alpha value is -1.13. The Morgan fingerprint density at radius 2 is 2.20 bits per heavy atom. The van der Waals surface area contributed by atoms with Crippen molar-refractivity contribution in [2.75, 3.05) is 6.54 Å². The van der Waals surface area contributed by atoms with E-state index in [9.17, 15) is 4.79 Å². The smallest absolute Gasteiger partial charge is 0.264 e. The van der Waals surface area contributed by atoms with E-state index < -0.39 is 0 Å². The monoisotopic (exact) mass is 303 g/mol. The summed E-state index contributed by atoms with van der Waals surface area (Å²) in [5, 5.41) is 2.15. The molecule has 0 bridgehead atoms. The number of hydrogen-bond donors (Lipinski definition) is 0. The van der Waals surface area contributed by atoms with Crippen molar-refractivity contribution >= 4 is 28.6 Å². The molecule has 0 radical (unpaired) electrons. The summed E-state index contributed by atoms with van der Waals surface area (Å²) in [5.41, 5.74) is 2.76. The van der Waals surface area contributed by atoms with Crippen molar-refractivity contribution in [3.8, 4) is 0 Å². The number of amides is 1. The number of rotatable bonds is 1. The van der Waals surface area contributed by atoms with Gasteiger partial charge in [0.2, 0.25) is 0 Å². The van der Waals surface area contributed by atoms with Crippen LogP contribution in [0.25, 0.3) is 0 Å². The summed E-state index contributed by atoms with van der Waals surface area (Å²) in [6.07, 6.45) is 4.59. The van der Waals surface area contributed by atoms with E-state index >= 15 is 0 Å². The Balaban J connectivity index is 1.62. The fourth-order valence-corrected chi connectivity index (χ4v) is 5.54. The van der Waals surface area contributed by atoms with Crippen LogP contribution < -0.4 is 0 Å². The van der Waals surface area contributed by atoms with Crippen molar-refractivity contribution in [3.05, 3.63) is 43.3 Å². The maximum absolute atomic E-state index is 12.8. The standard InChI is InChI=1S/C16H17NOS2/c1-10-12-6-8-19-14(12)5-7-17(10)16(18)15-9-11-3-2-4-13(11)20-15/h6,8-10H,2-5,7H2,1H3/t10-/m0/s1. The molecule has 0 saturated heterocycles. The first kappa shape index (κ1) is 12.6. The molecule has 1 amide bonds. The lowest BCUT2D eigenvalue weighted by Crippen LogP contribution is -2.37. The minimum Gasteiger partial charge on any atom is -0.331 e. The van der Waals surface area contributed by atoms with Crippen LogP contribution in [0, 0.1) is 0 Å². The van der Waals surface area contributed by atoms with E-state index in [1.165, 1.54) is 27.3 Å². The minimum absolute atomic E-state index is 0.217. The van der Waals surface area contributed by atoms with Gasteiger partial charge in [-0.15, -0.1) is 22.7 Å². The van der Waals surface area contributed by atoms with E-state index in [0.717, 1.165) is 30.7 Å². The van der Waals surface area contributed by atoms with Gasteiger partial charge in [-0.05, 0) is 61.2 Å². The molecule has 2 aliphatic rings. The Kier molecular flexibility index (Phi) is 2.97. The Labute approximate surface area is 127 Å². The highest BCUT2D eigenvalue weighted by Crippen LogP contribution is 2.36. The molecule has 0 unspecified atom stereocenters. The molecule has 0 fully saturated rings. The van der Waals surface area contributed by atoms with E-state index in [-0.39, 0.29) is 11.9 Å². The van der Waals surface area contributed by atoms with E-state index in [2.05, 4.69) is 29.3 Å². The van der Waals surface area contributed by atoms with Crippen molar-refractivity contribution < 1.29 is 4.79 Å². The average molecular weight is 303 g/mol. The molecule has 4 heteroatoms. The van der Waals surface area contributed by atoms with Gasteiger partial charge in [0.05, 0.1) is 10.9 Å². The Morgan fingerprint density at radius 3 is 3.05 bits per heavy atom. The summed E-state index contributed by atoms with van der Waals surface area (Å²) in [5.74, 6) is 0.230. The summed E-state index contributed by atoms with van der Waals surface area (Å²) in [6.45, 7) is 3.01. The molecule has 0 N–H and O–H groups in total. The number of thiophene rings is 2. The largest absolute Gasteiger partial charge is 0.331 e. The number of fused-ring (bicyclic) bond motifs is 2. The topological polar surface area (TPSA) is 20.3 Å². The third-order valence-corrected chi connectivity index (χ3v) is 6.72. The van der Waals surface area contributed by atoms with Crippen LogP contribution in [0.1, 0.15) is 49.9 Å². The van der Waals surface area contributed by atoms with Crippen molar-refractivity contribution in [2.24, 2.45) is 0 Å². The van der Waals surface area contributed by atoms with Gasteiger partial charge in [-0.2, -0.15) is 0 Å². The van der Waals surface area contributed by atoms with Gasteiger partial charge in [0.1, 0.15) is 0 Å². The highest BCUT2D eigenvalue weighted by molar-refractivity contribution is 7.14. The van der Waals surface area contributed by atoms with Crippen LogP contribution >= 0.6 is 22.7 Å². The maximum atomic E-state index is 12.8. The fraction of sp³-hybridized carbons (Fsp3) is 0.438. The third kappa shape index (κ3) is 1.85. The zero-order chi connectivity index (χ0) is 13.7. The zero-order valence-corrected chi connectivity index (χ0v) is 13.1. The molecule has 104 valence electrons. The van der Waals surface area contributed by atoms with Crippen molar-refractivity contribution in [1.82, 2.24) is 4.90 Å². The summed E-state index contributed by atoms with van der Waals surface area (Å²) >= 11 is 3.54. The van der Waals surface area contributed by atoms with Gasteiger partial charge in [-0.25, -0.2) is 0 Å². The zero-order valence-electron chi connectivity index (χ0n) is 11.5. The molecule has 1 aliphatic heterocycles. The molecule has 2 aromatic rings. The number of nitrogens with zero attached hydrogens (tertiary/aromatic N) is 1. The average Bonchev–Trinajstić information content (AvgIpc) is 3.13. The van der Waals surface area contributed by atoms with Crippen molar-refractivity contribution in [2.45, 2.75) is 38.6 Å². The lowest BCUT2D eigenvalue weighted by molar-refractivity contribution is 0.0684. The number of hydrogen-bond acceptors (Lipinski definition) is 3. The second kappa shape index (κ2) is 4.71. The molecule has 4 rings (SSSR count). The molecule has 3 heterocycles. The molecular weight excluding hydrogens is 286 g/mol. The van der Waals surface area contributed by atoms with Gasteiger partial charge in [0.15, 0.2) is 0 Å². The van der Waals surface area contributed by atoms with E-state index in [4.69, 9.17) is 0 Å². The van der Waals surface area contributed by atoms with Crippen LogP contribution in [0.15, 0.2) is 17.5 Å². The molecule has 20 heavy (non-hydrogen) atoms. The van der Waals surface area contributed by atoms with Crippen LogP contribution in [-0.2, 0) is 19.3 Å². The highest BCUT2D eigenvalue weighted by Gasteiger charge is 2.30. The van der Waals surface area contributed by atoms with Gasteiger partial charge in [0, 0.05) is 16.3 Å². The van der Waals surface area contributed by atoms with Crippen LogP contribution in [0.3, 0.4) is 0 Å². The third-order valence-electron chi connectivity index (χ3n) is 4.50. The molecule has 0 aromatic carbocycles. The number of aryl methyl sites for hydroxylation is 2. The summed E-state index contributed by atoms with van der Waals surface area (Å²) in [6, 6.07) is 4.54. The molecule has 0 saturated carbocycles. The van der Waals surface area contributed by atoms with Gasteiger partial charge >= 0.3 is 0 Å². The quantitative estimate of drug-likeness (QED) is 0.778. The van der Waals surface area contributed by atoms with Gasteiger partial charge < -0.3 is 4.90 Å². The summed E-state index contributed by atoms with van der Waals surface area (Å²) < 4.78 is 0. The van der Waals surface area contributed by atoms with Gasteiger partial charge in [-0.3, -0.25) is 4.79 Å². The predicted octanol–water partition coefficient (Wildman–Crippen LogP) is 4.06. The predicted molar refractivity (Wildman–Crippen MR) is 83.8 cm³/mol. The van der Waals surface area contributed by atoms with Crippen molar-refractivity contribution in [3.63, 3.8) is 0 Å².